The van der Waals surface area contributed by atoms with Crippen LogP contribution in [0.2, 0.25) is 5.02 Å². The Morgan fingerprint density at radius 3 is 2.62 bits per heavy atom. The Balaban J connectivity index is 1.86. The predicted octanol–water partition coefficient (Wildman–Crippen LogP) is 4.66. The van der Waals surface area contributed by atoms with E-state index in [1.165, 1.54) is 11.0 Å². The summed E-state index contributed by atoms with van der Waals surface area (Å²) in [5.41, 5.74) is 1.22. The molecule has 0 radical (unpaired) electrons. The van der Waals surface area contributed by atoms with Gasteiger partial charge in [-0.15, -0.1) is 10.2 Å². The van der Waals surface area contributed by atoms with Crippen LogP contribution in [0.1, 0.15) is 35.7 Å². The topological polar surface area (TPSA) is 102 Å². The molecular formula is C20H19ClN4O4. The lowest BCUT2D eigenvalue weighted by Gasteiger charge is -2.25. The molecule has 0 saturated carbocycles. The van der Waals surface area contributed by atoms with E-state index in [2.05, 4.69) is 10.2 Å². The number of rotatable bonds is 6. The zero-order chi connectivity index (χ0) is 21.1. The number of carbonyl (C=O) groups is 1. The van der Waals surface area contributed by atoms with Crippen LogP contribution in [0.3, 0.4) is 0 Å². The van der Waals surface area contributed by atoms with E-state index in [1.54, 1.807) is 43.3 Å². The Morgan fingerprint density at radius 1 is 1.24 bits per heavy atom. The summed E-state index contributed by atoms with van der Waals surface area (Å²) in [4.78, 5) is 25.2. The van der Waals surface area contributed by atoms with Gasteiger partial charge < -0.3 is 9.32 Å². The third kappa shape index (κ3) is 4.43. The Hall–Kier alpha value is -3.26. The molecule has 0 aliphatic carbocycles. The van der Waals surface area contributed by atoms with Crippen LogP contribution >= 0.6 is 11.6 Å². The quantitative estimate of drug-likeness (QED) is 0.429. The Bertz CT molecular complexity index is 1060. The molecule has 1 heterocycles. The van der Waals surface area contributed by atoms with Gasteiger partial charge in [0.15, 0.2) is 0 Å². The van der Waals surface area contributed by atoms with Crippen molar-refractivity contribution in [1.29, 1.82) is 0 Å². The molecule has 0 unspecified atom stereocenters. The average Bonchev–Trinajstić information content (AvgIpc) is 3.14. The molecule has 29 heavy (non-hydrogen) atoms. The van der Waals surface area contributed by atoms with Crippen molar-refractivity contribution in [3.63, 3.8) is 0 Å². The molecule has 2 aromatic carbocycles. The monoisotopic (exact) mass is 414 g/mol. The van der Waals surface area contributed by atoms with Crippen molar-refractivity contribution >= 4 is 23.2 Å². The molecule has 0 saturated heterocycles. The summed E-state index contributed by atoms with van der Waals surface area (Å²) in [6.07, 6.45) is 0. The standard InChI is InChI=1S/C20H19ClN4O4/c1-12(2)24(20(26)14-9-8-13(3)17(10-14)25(27)28)11-18-22-23-19(29-18)15-6-4-5-7-16(15)21/h4-10,12H,11H2,1-3H3. The normalized spacial score (nSPS) is 10.9. The highest BCUT2D eigenvalue weighted by molar-refractivity contribution is 6.33. The molecule has 0 atom stereocenters. The predicted molar refractivity (Wildman–Crippen MR) is 108 cm³/mol. The highest BCUT2D eigenvalue weighted by atomic mass is 35.5. The number of aryl methyl sites for hydroxylation is 1. The lowest BCUT2D eigenvalue weighted by Crippen LogP contribution is -2.36. The van der Waals surface area contributed by atoms with Gasteiger partial charge in [-0.05, 0) is 39.0 Å². The first-order chi connectivity index (χ1) is 13.8. The number of carbonyl (C=O) groups excluding carboxylic acids is 1. The van der Waals surface area contributed by atoms with E-state index in [4.69, 9.17) is 16.0 Å². The molecule has 0 bridgehead atoms. The molecule has 3 rings (SSSR count). The van der Waals surface area contributed by atoms with Crippen LogP contribution < -0.4 is 0 Å². The lowest BCUT2D eigenvalue weighted by atomic mass is 10.1. The first-order valence-electron chi connectivity index (χ1n) is 8.91. The van der Waals surface area contributed by atoms with Crippen LogP contribution in [0.4, 0.5) is 5.69 Å². The fraction of sp³-hybridized carbons (Fsp3) is 0.250. The maximum Gasteiger partial charge on any atom is 0.273 e. The van der Waals surface area contributed by atoms with Crippen LogP contribution in [0.25, 0.3) is 11.5 Å². The number of nitrogens with zero attached hydrogens (tertiary/aromatic N) is 4. The first-order valence-corrected chi connectivity index (χ1v) is 9.29. The van der Waals surface area contributed by atoms with E-state index in [0.717, 1.165) is 0 Å². The number of amides is 1. The summed E-state index contributed by atoms with van der Waals surface area (Å²) in [6, 6.07) is 11.3. The van der Waals surface area contributed by atoms with Crippen molar-refractivity contribution in [1.82, 2.24) is 15.1 Å². The smallest absolute Gasteiger partial charge is 0.273 e. The molecule has 1 aromatic heterocycles. The fourth-order valence-corrected chi connectivity index (χ4v) is 3.02. The molecule has 1 amide bonds. The van der Waals surface area contributed by atoms with E-state index in [9.17, 15) is 14.9 Å². The Labute approximate surface area is 172 Å². The number of nitro groups is 1. The number of hydrogen-bond acceptors (Lipinski definition) is 6. The van der Waals surface area contributed by atoms with Gasteiger partial charge in [0.1, 0.15) is 0 Å². The van der Waals surface area contributed by atoms with Gasteiger partial charge >= 0.3 is 0 Å². The number of benzene rings is 2. The summed E-state index contributed by atoms with van der Waals surface area (Å²) >= 11 is 6.16. The van der Waals surface area contributed by atoms with Crippen LogP contribution in [-0.2, 0) is 6.54 Å². The van der Waals surface area contributed by atoms with E-state index < -0.39 is 4.92 Å². The summed E-state index contributed by atoms with van der Waals surface area (Å²) in [5.74, 6) is 0.136. The van der Waals surface area contributed by atoms with Crippen molar-refractivity contribution < 1.29 is 14.1 Å². The molecular weight excluding hydrogens is 396 g/mol. The van der Waals surface area contributed by atoms with E-state index in [-0.39, 0.29) is 41.5 Å². The van der Waals surface area contributed by atoms with Gasteiger partial charge in [-0.3, -0.25) is 14.9 Å². The summed E-state index contributed by atoms with van der Waals surface area (Å²) in [6.45, 7) is 5.37. The highest BCUT2D eigenvalue weighted by Crippen LogP contribution is 2.27. The van der Waals surface area contributed by atoms with Crippen molar-refractivity contribution in [2.45, 2.75) is 33.4 Å². The molecule has 8 nitrogen and oxygen atoms in total. The van der Waals surface area contributed by atoms with E-state index in [1.807, 2.05) is 13.8 Å². The number of halogens is 1. The molecule has 150 valence electrons. The van der Waals surface area contributed by atoms with Crippen LogP contribution in [-0.4, -0.2) is 32.0 Å². The van der Waals surface area contributed by atoms with Gasteiger partial charge in [0, 0.05) is 23.2 Å². The molecule has 0 aliphatic rings. The highest BCUT2D eigenvalue weighted by Gasteiger charge is 2.24. The fourth-order valence-electron chi connectivity index (χ4n) is 2.80. The maximum absolute atomic E-state index is 13.0. The number of hydrogen-bond donors (Lipinski definition) is 0. The second-order valence-electron chi connectivity index (χ2n) is 6.77. The van der Waals surface area contributed by atoms with Gasteiger partial charge in [0.25, 0.3) is 11.6 Å². The Kier molecular flexibility index (Phi) is 5.93. The first kappa shape index (κ1) is 20.5. The SMILES string of the molecule is Cc1ccc(C(=O)N(Cc2nnc(-c3ccccc3Cl)o2)C(C)C)cc1[N+](=O)[O-]. The lowest BCUT2D eigenvalue weighted by molar-refractivity contribution is -0.385. The molecule has 0 spiro atoms. The molecule has 9 heteroatoms. The van der Waals surface area contributed by atoms with Gasteiger partial charge in [0.2, 0.25) is 11.8 Å². The summed E-state index contributed by atoms with van der Waals surface area (Å²) < 4.78 is 5.69. The van der Waals surface area contributed by atoms with Gasteiger partial charge in [-0.25, -0.2) is 0 Å². The van der Waals surface area contributed by atoms with Gasteiger partial charge in [0.05, 0.1) is 22.1 Å². The molecule has 0 aliphatic heterocycles. The van der Waals surface area contributed by atoms with Crippen LogP contribution in [0.15, 0.2) is 46.9 Å². The molecule has 0 N–H and O–H groups in total. The van der Waals surface area contributed by atoms with E-state index in [0.29, 0.717) is 16.1 Å². The zero-order valence-electron chi connectivity index (χ0n) is 16.1. The summed E-state index contributed by atoms with van der Waals surface area (Å²) in [5, 5.41) is 19.7. The van der Waals surface area contributed by atoms with Crippen LogP contribution in [0.5, 0.6) is 0 Å². The average molecular weight is 415 g/mol. The van der Waals surface area contributed by atoms with Gasteiger partial charge in [-0.2, -0.15) is 0 Å². The second-order valence-corrected chi connectivity index (χ2v) is 7.17. The van der Waals surface area contributed by atoms with Crippen LogP contribution in [0, 0.1) is 17.0 Å². The van der Waals surface area contributed by atoms with Crippen molar-refractivity contribution in [3.8, 4) is 11.5 Å². The van der Waals surface area contributed by atoms with E-state index >= 15 is 0 Å². The van der Waals surface area contributed by atoms with Crippen molar-refractivity contribution in [2.24, 2.45) is 0 Å². The number of aromatic nitrogens is 2. The third-order valence-electron chi connectivity index (χ3n) is 4.41. The number of nitro benzene ring substituents is 1. The second kappa shape index (κ2) is 8.40. The third-order valence-corrected chi connectivity index (χ3v) is 4.74. The Morgan fingerprint density at radius 2 is 1.97 bits per heavy atom. The van der Waals surface area contributed by atoms with Crippen molar-refractivity contribution in [2.75, 3.05) is 0 Å². The largest absolute Gasteiger partial charge is 0.419 e. The zero-order valence-corrected chi connectivity index (χ0v) is 16.9. The minimum absolute atomic E-state index is 0.0651. The molecule has 3 aromatic rings. The minimum atomic E-state index is -0.500. The van der Waals surface area contributed by atoms with Gasteiger partial charge in [-0.1, -0.05) is 29.8 Å². The maximum atomic E-state index is 13.0. The summed E-state index contributed by atoms with van der Waals surface area (Å²) in [7, 11) is 0. The van der Waals surface area contributed by atoms with Crippen molar-refractivity contribution in [3.05, 3.63) is 74.6 Å². The molecule has 0 fully saturated rings. The minimum Gasteiger partial charge on any atom is -0.419 e.